The molecule has 0 saturated carbocycles. The van der Waals surface area contributed by atoms with E-state index in [2.05, 4.69) is 28.1 Å². The lowest BCUT2D eigenvalue weighted by atomic mass is 10.1. The van der Waals surface area contributed by atoms with Gasteiger partial charge in [-0.15, -0.1) is 12.4 Å². The van der Waals surface area contributed by atoms with Gasteiger partial charge in [0.1, 0.15) is 5.69 Å². The molecule has 126 valence electrons. The normalized spacial score (nSPS) is 10.2. The Morgan fingerprint density at radius 1 is 1.26 bits per heavy atom. The van der Waals surface area contributed by atoms with Gasteiger partial charge in [0.25, 0.3) is 5.91 Å². The summed E-state index contributed by atoms with van der Waals surface area (Å²) in [5.74, 6) is 0.0360. The average molecular weight is 401 g/mol. The summed E-state index contributed by atoms with van der Waals surface area (Å²) >= 11 is 3.44. The summed E-state index contributed by atoms with van der Waals surface area (Å²) in [7, 11) is 0. The standard InChI is InChI=1S/C17H22BrN3O.ClH/c1-2-20-13-15(18)12-16(20)17(22)21(11-9-19)10-8-14-6-4-3-5-7-14;/h3-7,12-13H,2,8-11,19H2,1H3;1H. The predicted molar refractivity (Wildman–Crippen MR) is 100 cm³/mol. The number of aryl methyl sites for hydroxylation is 1. The lowest BCUT2D eigenvalue weighted by Gasteiger charge is -2.22. The molecule has 0 unspecified atom stereocenters. The molecule has 1 amide bonds. The second-order valence-corrected chi connectivity index (χ2v) is 6.06. The molecule has 0 atom stereocenters. The SMILES string of the molecule is CCn1cc(Br)cc1C(=O)N(CCN)CCc1ccccc1.Cl. The van der Waals surface area contributed by atoms with E-state index >= 15 is 0 Å². The maximum Gasteiger partial charge on any atom is 0.270 e. The summed E-state index contributed by atoms with van der Waals surface area (Å²) in [5, 5.41) is 0. The molecule has 2 rings (SSSR count). The van der Waals surface area contributed by atoms with Gasteiger partial charge in [0.2, 0.25) is 0 Å². The molecule has 1 heterocycles. The second-order valence-electron chi connectivity index (χ2n) is 5.15. The Morgan fingerprint density at radius 3 is 2.57 bits per heavy atom. The van der Waals surface area contributed by atoms with E-state index in [1.54, 1.807) is 0 Å². The summed E-state index contributed by atoms with van der Waals surface area (Å²) < 4.78 is 2.88. The third-order valence-corrected chi connectivity index (χ3v) is 4.06. The van der Waals surface area contributed by atoms with Gasteiger partial charge in [-0.3, -0.25) is 4.79 Å². The van der Waals surface area contributed by atoms with Crippen LogP contribution in [0, 0.1) is 0 Å². The zero-order chi connectivity index (χ0) is 15.9. The van der Waals surface area contributed by atoms with Crippen LogP contribution < -0.4 is 5.73 Å². The number of nitrogens with two attached hydrogens (primary N) is 1. The smallest absolute Gasteiger partial charge is 0.270 e. The molecular formula is C17H23BrClN3O. The lowest BCUT2D eigenvalue weighted by Crippen LogP contribution is -2.37. The third kappa shape index (κ3) is 5.37. The van der Waals surface area contributed by atoms with E-state index in [-0.39, 0.29) is 18.3 Å². The minimum atomic E-state index is 0. The fraction of sp³-hybridized carbons (Fsp3) is 0.353. The highest BCUT2D eigenvalue weighted by molar-refractivity contribution is 9.10. The third-order valence-electron chi connectivity index (χ3n) is 3.62. The molecule has 1 aromatic heterocycles. The first kappa shape index (κ1) is 19.7. The summed E-state index contributed by atoms with van der Waals surface area (Å²) in [6.45, 7) is 4.50. The minimum absolute atomic E-state index is 0. The van der Waals surface area contributed by atoms with E-state index in [0.29, 0.717) is 25.3 Å². The Bertz CT molecular complexity index is 616. The van der Waals surface area contributed by atoms with Gasteiger partial charge in [-0.25, -0.2) is 0 Å². The van der Waals surface area contributed by atoms with Gasteiger partial charge in [0.05, 0.1) is 0 Å². The number of hydrogen-bond donors (Lipinski definition) is 1. The monoisotopic (exact) mass is 399 g/mol. The van der Waals surface area contributed by atoms with Crippen molar-refractivity contribution in [3.63, 3.8) is 0 Å². The minimum Gasteiger partial charge on any atom is -0.343 e. The van der Waals surface area contributed by atoms with Crippen LogP contribution in [0.4, 0.5) is 0 Å². The molecule has 23 heavy (non-hydrogen) atoms. The Kier molecular flexibility index (Phi) is 8.37. The second kappa shape index (κ2) is 9.75. The molecule has 0 saturated heterocycles. The van der Waals surface area contributed by atoms with Gasteiger partial charge >= 0.3 is 0 Å². The Balaban J connectivity index is 0.00000264. The molecule has 0 fully saturated rings. The number of rotatable bonds is 7. The largest absolute Gasteiger partial charge is 0.343 e. The van der Waals surface area contributed by atoms with Crippen LogP contribution in [-0.4, -0.2) is 35.0 Å². The molecule has 0 spiro atoms. The number of halogens is 2. The number of carbonyl (C=O) groups excluding carboxylic acids is 1. The molecular weight excluding hydrogens is 378 g/mol. The van der Waals surface area contributed by atoms with Crippen LogP contribution in [0.1, 0.15) is 23.0 Å². The van der Waals surface area contributed by atoms with Crippen molar-refractivity contribution in [2.24, 2.45) is 5.73 Å². The molecule has 1 aromatic carbocycles. The molecule has 2 aromatic rings. The number of aromatic nitrogens is 1. The Labute approximate surface area is 152 Å². The van der Waals surface area contributed by atoms with E-state index in [1.807, 2.05) is 46.9 Å². The molecule has 6 heteroatoms. The van der Waals surface area contributed by atoms with Crippen molar-refractivity contribution in [2.45, 2.75) is 19.9 Å². The Hall–Kier alpha value is -1.30. The molecule has 2 N–H and O–H groups in total. The quantitative estimate of drug-likeness (QED) is 0.775. The number of benzene rings is 1. The van der Waals surface area contributed by atoms with Crippen molar-refractivity contribution in [3.05, 3.63) is 58.3 Å². The predicted octanol–water partition coefficient (Wildman–Crippen LogP) is 3.34. The first-order valence-electron chi connectivity index (χ1n) is 7.54. The molecule has 0 aliphatic carbocycles. The number of amides is 1. The highest BCUT2D eigenvalue weighted by Gasteiger charge is 2.19. The van der Waals surface area contributed by atoms with E-state index in [9.17, 15) is 4.79 Å². The maximum absolute atomic E-state index is 12.8. The fourth-order valence-electron chi connectivity index (χ4n) is 2.46. The van der Waals surface area contributed by atoms with Crippen molar-refractivity contribution in [3.8, 4) is 0 Å². The number of nitrogens with zero attached hydrogens (tertiary/aromatic N) is 2. The van der Waals surface area contributed by atoms with E-state index in [1.165, 1.54) is 5.56 Å². The van der Waals surface area contributed by atoms with Crippen LogP contribution in [0.25, 0.3) is 0 Å². The van der Waals surface area contributed by atoms with Crippen LogP contribution in [-0.2, 0) is 13.0 Å². The van der Waals surface area contributed by atoms with Gasteiger partial charge in [0.15, 0.2) is 0 Å². The topological polar surface area (TPSA) is 51.3 Å². The van der Waals surface area contributed by atoms with Gasteiger partial charge in [0, 0.05) is 36.8 Å². The summed E-state index contributed by atoms with van der Waals surface area (Å²) in [4.78, 5) is 14.6. The van der Waals surface area contributed by atoms with Crippen LogP contribution in [0.3, 0.4) is 0 Å². The van der Waals surface area contributed by atoms with Crippen molar-refractivity contribution in [1.82, 2.24) is 9.47 Å². The number of hydrogen-bond acceptors (Lipinski definition) is 2. The van der Waals surface area contributed by atoms with E-state index in [0.717, 1.165) is 17.4 Å². The van der Waals surface area contributed by atoms with Gasteiger partial charge in [-0.2, -0.15) is 0 Å². The zero-order valence-corrected chi connectivity index (χ0v) is 15.6. The van der Waals surface area contributed by atoms with Crippen LogP contribution >= 0.6 is 28.3 Å². The maximum atomic E-state index is 12.8. The fourth-order valence-corrected chi connectivity index (χ4v) is 2.92. The molecule has 0 aliphatic rings. The van der Waals surface area contributed by atoms with E-state index in [4.69, 9.17) is 5.73 Å². The van der Waals surface area contributed by atoms with Crippen LogP contribution in [0.2, 0.25) is 0 Å². The Morgan fingerprint density at radius 2 is 1.96 bits per heavy atom. The van der Waals surface area contributed by atoms with E-state index < -0.39 is 0 Å². The summed E-state index contributed by atoms with van der Waals surface area (Å²) in [6, 6.07) is 12.1. The van der Waals surface area contributed by atoms with Gasteiger partial charge in [-0.05, 0) is 40.9 Å². The molecule has 0 radical (unpaired) electrons. The van der Waals surface area contributed by atoms with Crippen molar-refractivity contribution in [2.75, 3.05) is 19.6 Å². The van der Waals surface area contributed by atoms with Crippen molar-refractivity contribution in [1.29, 1.82) is 0 Å². The highest BCUT2D eigenvalue weighted by Crippen LogP contribution is 2.17. The van der Waals surface area contributed by atoms with Crippen LogP contribution in [0.15, 0.2) is 47.1 Å². The summed E-state index contributed by atoms with van der Waals surface area (Å²) in [6.07, 6.45) is 2.77. The first-order valence-corrected chi connectivity index (χ1v) is 8.34. The van der Waals surface area contributed by atoms with Crippen LogP contribution in [0.5, 0.6) is 0 Å². The van der Waals surface area contributed by atoms with Crippen molar-refractivity contribution >= 4 is 34.2 Å². The first-order chi connectivity index (χ1) is 10.7. The molecule has 0 bridgehead atoms. The van der Waals surface area contributed by atoms with Gasteiger partial charge in [-0.1, -0.05) is 30.3 Å². The summed E-state index contributed by atoms with van der Waals surface area (Å²) in [5.41, 5.74) is 7.61. The number of carbonyl (C=O) groups is 1. The van der Waals surface area contributed by atoms with Crippen molar-refractivity contribution < 1.29 is 4.79 Å². The lowest BCUT2D eigenvalue weighted by molar-refractivity contribution is 0.0751. The average Bonchev–Trinajstić information content (AvgIpc) is 2.92. The molecule has 0 aliphatic heterocycles. The zero-order valence-electron chi connectivity index (χ0n) is 13.2. The molecule has 4 nitrogen and oxygen atoms in total. The van der Waals surface area contributed by atoms with Gasteiger partial charge < -0.3 is 15.2 Å². The highest BCUT2D eigenvalue weighted by atomic mass is 79.9.